The third-order valence-corrected chi connectivity index (χ3v) is 5.14. The summed E-state index contributed by atoms with van der Waals surface area (Å²) >= 11 is 0. The Bertz CT molecular complexity index is 497. The van der Waals surface area contributed by atoms with Crippen LogP contribution >= 0.6 is 0 Å². The molecular weight excluding hydrogens is 272 g/mol. The number of fused-ring (bicyclic) bond motifs is 1. The van der Waals surface area contributed by atoms with E-state index in [1.165, 1.54) is 0 Å². The van der Waals surface area contributed by atoms with E-state index in [1.807, 2.05) is 0 Å². The maximum absolute atomic E-state index is 12.3. The Morgan fingerprint density at radius 3 is 2.76 bits per heavy atom. The predicted octanol–water partition coefficient (Wildman–Crippen LogP) is 1.69. The van der Waals surface area contributed by atoms with Crippen molar-refractivity contribution < 1.29 is 23.8 Å². The second kappa shape index (κ2) is 5.20. The van der Waals surface area contributed by atoms with Gasteiger partial charge in [0.2, 0.25) is 0 Å². The predicted molar refractivity (Wildman–Crippen MR) is 73.9 cm³/mol. The zero-order valence-corrected chi connectivity index (χ0v) is 12.1. The molecule has 3 rings (SSSR count). The summed E-state index contributed by atoms with van der Waals surface area (Å²) < 4.78 is 15.9. The van der Waals surface area contributed by atoms with Crippen molar-refractivity contribution in [1.82, 2.24) is 0 Å². The van der Waals surface area contributed by atoms with Gasteiger partial charge in [0.05, 0.1) is 11.7 Å². The Hall–Kier alpha value is -1.78. The minimum Gasteiger partial charge on any atom is -0.494 e. The molecule has 2 saturated carbocycles. The van der Waals surface area contributed by atoms with Crippen LogP contribution in [0, 0.1) is 29.6 Å². The Kier molecular flexibility index (Phi) is 3.51. The average Bonchev–Trinajstić information content (AvgIpc) is 3.07. The van der Waals surface area contributed by atoms with Gasteiger partial charge in [-0.15, -0.1) is 0 Å². The van der Waals surface area contributed by atoms with E-state index in [9.17, 15) is 9.59 Å². The Morgan fingerprint density at radius 1 is 1.33 bits per heavy atom. The third kappa shape index (κ3) is 2.15. The quantitative estimate of drug-likeness (QED) is 0.438. The molecule has 3 aliphatic rings. The highest BCUT2D eigenvalue weighted by molar-refractivity contribution is 5.81. The maximum Gasteiger partial charge on any atom is 0.330 e. The van der Waals surface area contributed by atoms with Gasteiger partial charge in [-0.2, -0.15) is 0 Å². The molecule has 6 atom stereocenters. The lowest BCUT2D eigenvalue weighted by molar-refractivity contribution is -0.156. The summed E-state index contributed by atoms with van der Waals surface area (Å²) in [6.45, 7) is 9.52. The molecule has 0 aromatic heterocycles. The van der Waals surface area contributed by atoms with Gasteiger partial charge in [-0.25, -0.2) is 4.79 Å². The molecule has 2 aliphatic carbocycles. The molecule has 5 nitrogen and oxygen atoms in total. The molecule has 21 heavy (non-hydrogen) atoms. The van der Waals surface area contributed by atoms with E-state index in [4.69, 9.17) is 14.2 Å². The van der Waals surface area contributed by atoms with Crippen LogP contribution in [0.5, 0.6) is 0 Å². The Morgan fingerprint density at radius 2 is 2.05 bits per heavy atom. The van der Waals surface area contributed by atoms with Gasteiger partial charge in [0.15, 0.2) is 0 Å². The highest BCUT2D eigenvalue weighted by Crippen LogP contribution is 2.63. The Labute approximate surface area is 123 Å². The molecule has 3 fully saturated rings. The van der Waals surface area contributed by atoms with Gasteiger partial charge in [-0.1, -0.05) is 20.1 Å². The topological polar surface area (TPSA) is 61.8 Å². The van der Waals surface area contributed by atoms with E-state index in [0.29, 0.717) is 17.8 Å². The molecule has 0 aromatic rings. The summed E-state index contributed by atoms with van der Waals surface area (Å²) in [6.07, 6.45) is 2.32. The van der Waals surface area contributed by atoms with E-state index in [0.717, 1.165) is 18.3 Å². The highest BCUT2D eigenvalue weighted by Gasteiger charge is 2.65. The van der Waals surface area contributed by atoms with E-state index in [2.05, 4.69) is 20.1 Å². The molecule has 0 aromatic carbocycles. The first-order chi connectivity index (χ1) is 10.0. The van der Waals surface area contributed by atoms with Gasteiger partial charge in [0.25, 0.3) is 0 Å². The van der Waals surface area contributed by atoms with Crippen LogP contribution in [0.4, 0.5) is 0 Å². The monoisotopic (exact) mass is 292 g/mol. The minimum absolute atomic E-state index is 0.0533. The molecule has 6 unspecified atom stereocenters. The van der Waals surface area contributed by atoms with Crippen LogP contribution in [0.3, 0.4) is 0 Å². The standard InChI is InChI=1S/C16H20O5/c1-4-12(17)19-5-6-20-16(18)14-10-7-11-13(14)9(3)21-15(11)8(10)2/h4,8,10-11,13-15H,1,3,5-7H2,2H3. The number of hydrogen-bond acceptors (Lipinski definition) is 5. The van der Waals surface area contributed by atoms with Crippen molar-refractivity contribution in [3.8, 4) is 0 Å². The number of hydrogen-bond donors (Lipinski definition) is 0. The number of allylic oxidation sites excluding steroid dienone is 1. The lowest BCUT2D eigenvalue weighted by atomic mass is 9.74. The summed E-state index contributed by atoms with van der Waals surface area (Å²) in [5, 5.41) is 0. The number of carbonyl (C=O) groups is 2. The first-order valence-corrected chi connectivity index (χ1v) is 7.36. The van der Waals surface area contributed by atoms with Crippen LogP contribution in [0.25, 0.3) is 0 Å². The molecule has 1 saturated heterocycles. The van der Waals surface area contributed by atoms with Gasteiger partial charge < -0.3 is 14.2 Å². The molecule has 1 aliphatic heterocycles. The van der Waals surface area contributed by atoms with Crippen LogP contribution in [0.2, 0.25) is 0 Å². The normalized spacial score (nSPS) is 39.0. The van der Waals surface area contributed by atoms with Crippen molar-refractivity contribution in [1.29, 1.82) is 0 Å². The molecule has 5 heteroatoms. The third-order valence-electron chi connectivity index (χ3n) is 5.14. The number of rotatable bonds is 5. The van der Waals surface area contributed by atoms with Crippen LogP contribution in [-0.4, -0.2) is 31.3 Å². The first-order valence-electron chi connectivity index (χ1n) is 7.36. The summed E-state index contributed by atoms with van der Waals surface area (Å²) in [7, 11) is 0. The van der Waals surface area contributed by atoms with Crippen molar-refractivity contribution in [3.63, 3.8) is 0 Å². The lowest BCUT2D eigenvalue weighted by Gasteiger charge is -2.28. The minimum atomic E-state index is -0.514. The molecule has 0 radical (unpaired) electrons. The fourth-order valence-corrected chi connectivity index (χ4v) is 4.30. The fraction of sp³-hybridized carbons (Fsp3) is 0.625. The van der Waals surface area contributed by atoms with E-state index in [-0.39, 0.29) is 37.1 Å². The second-order valence-electron chi connectivity index (χ2n) is 6.06. The van der Waals surface area contributed by atoms with Crippen molar-refractivity contribution in [2.24, 2.45) is 29.6 Å². The number of esters is 2. The second-order valence-corrected chi connectivity index (χ2v) is 6.06. The van der Waals surface area contributed by atoms with Crippen LogP contribution < -0.4 is 0 Å². The summed E-state index contributed by atoms with van der Waals surface area (Å²) in [5.41, 5.74) is 0. The number of carbonyl (C=O) groups excluding carboxylic acids is 2. The zero-order valence-electron chi connectivity index (χ0n) is 12.1. The molecule has 114 valence electrons. The molecular formula is C16H20O5. The van der Waals surface area contributed by atoms with Gasteiger partial charge in [0.1, 0.15) is 19.3 Å². The Balaban J connectivity index is 1.57. The zero-order chi connectivity index (χ0) is 15.1. The molecule has 0 spiro atoms. The van der Waals surface area contributed by atoms with E-state index < -0.39 is 5.97 Å². The molecule has 2 bridgehead atoms. The fourth-order valence-electron chi connectivity index (χ4n) is 4.30. The van der Waals surface area contributed by atoms with Crippen molar-refractivity contribution in [2.45, 2.75) is 19.4 Å². The molecule has 0 amide bonds. The molecule has 0 N–H and O–H groups in total. The van der Waals surface area contributed by atoms with Gasteiger partial charge in [-0.3, -0.25) is 4.79 Å². The number of ether oxygens (including phenoxy) is 3. The van der Waals surface area contributed by atoms with Crippen molar-refractivity contribution in [2.75, 3.05) is 13.2 Å². The summed E-state index contributed by atoms with van der Waals surface area (Å²) in [6, 6.07) is 0. The largest absolute Gasteiger partial charge is 0.494 e. The van der Waals surface area contributed by atoms with Crippen molar-refractivity contribution in [3.05, 3.63) is 25.0 Å². The van der Waals surface area contributed by atoms with Crippen molar-refractivity contribution >= 4 is 11.9 Å². The lowest BCUT2D eigenvalue weighted by Crippen LogP contribution is -2.36. The average molecular weight is 292 g/mol. The maximum atomic E-state index is 12.3. The summed E-state index contributed by atoms with van der Waals surface area (Å²) in [5.74, 6) is 1.02. The van der Waals surface area contributed by atoms with Crippen LogP contribution in [-0.2, 0) is 23.8 Å². The first kappa shape index (κ1) is 14.2. The SMILES string of the molecule is C=CC(=O)OCCOC(=O)C1C2CC3C(OC(=C)C31)C2C. The summed E-state index contributed by atoms with van der Waals surface area (Å²) in [4.78, 5) is 23.2. The van der Waals surface area contributed by atoms with Crippen LogP contribution in [0.1, 0.15) is 13.3 Å². The van der Waals surface area contributed by atoms with Gasteiger partial charge in [0, 0.05) is 17.9 Å². The highest BCUT2D eigenvalue weighted by atomic mass is 16.6. The van der Waals surface area contributed by atoms with Gasteiger partial charge in [-0.05, 0) is 18.3 Å². The van der Waals surface area contributed by atoms with E-state index >= 15 is 0 Å². The van der Waals surface area contributed by atoms with Gasteiger partial charge >= 0.3 is 11.9 Å². The van der Waals surface area contributed by atoms with E-state index in [1.54, 1.807) is 0 Å². The van der Waals surface area contributed by atoms with Crippen LogP contribution in [0.15, 0.2) is 25.0 Å². The molecule has 1 heterocycles. The smallest absolute Gasteiger partial charge is 0.330 e.